The number of hydrogen-bond acceptors (Lipinski definition) is 1. The topological polar surface area (TPSA) is 28.7 Å². The van der Waals surface area contributed by atoms with Crippen LogP contribution in [0.4, 0.5) is 0 Å². The summed E-state index contributed by atoms with van der Waals surface area (Å²) in [7, 11) is 0. The van der Waals surface area contributed by atoms with Crippen LogP contribution in [0.15, 0.2) is 18.5 Å². The summed E-state index contributed by atoms with van der Waals surface area (Å²) in [5, 5.41) is 0.643. The first-order chi connectivity index (χ1) is 5.81. The number of imidazole rings is 1. The number of aromatic nitrogens is 2. The van der Waals surface area contributed by atoms with Crippen molar-refractivity contribution >= 4 is 34.2 Å². The molecule has 0 aliphatic carbocycles. The molecule has 0 aliphatic rings. The third-order valence-corrected chi connectivity index (χ3v) is 2.29. The molecule has 2 nitrogen and oxygen atoms in total. The predicted molar refractivity (Wildman–Crippen MR) is 50.7 cm³/mol. The molecule has 1 N–H and O–H groups in total. The molecule has 1 aromatic heterocycles. The van der Waals surface area contributed by atoms with E-state index < -0.39 is 0 Å². The highest BCUT2D eigenvalue weighted by Gasteiger charge is 2.03. The van der Waals surface area contributed by atoms with Gasteiger partial charge in [0.1, 0.15) is 5.52 Å². The molecule has 1 heterocycles. The molecule has 0 spiro atoms. The molecule has 2 rings (SSSR count). The van der Waals surface area contributed by atoms with Gasteiger partial charge in [0, 0.05) is 5.88 Å². The lowest BCUT2D eigenvalue weighted by Gasteiger charge is -1.96. The number of alkyl halides is 1. The van der Waals surface area contributed by atoms with Gasteiger partial charge in [-0.15, -0.1) is 11.6 Å². The van der Waals surface area contributed by atoms with Crippen LogP contribution < -0.4 is 0 Å². The Hall–Kier alpha value is -0.730. The van der Waals surface area contributed by atoms with Crippen LogP contribution in [0, 0.1) is 0 Å². The zero-order chi connectivity index (χ0) is 8.55. The van der Waals surface area contributed by atoms with Crippen LogP contribution in [0.2, 0.25) is 5.02 Å². The summed E-state index contributed by atoms with van der Waals surface area (Å²) in [6.07, 6.45) is 1.62. The average molecular weight is 201 g/mol. The van der Waals surface area contributed by atoms with Gasteiger partial charge in [0.25, 0.3) is 0 Å². The Labute approximate surface area is 79.5 Å². The molecular formula is C8H6Cl2N2. The monoisotopic (exact) mass is 200 g/mol. The van der Waals surface area contributed by atoms with Gasteiger partial charge in [-0.3, -0.25) is 0 Å². The van der Waals surface area contributed by atoms with Gasteiger partial charge in [0.15, 0.2) is 0 Å². The van der Waals surface area contributed by atoms with Crippen LogP contribution in [0.5, 0.6) is 0 Å². The molecule has 0 bridgehead atoms. The number of hydrogen-bond donors (Lipinski definition) is 1. The molecule has 1 aromatic carbocycles. The van der Waals surface area contributed by atoms with Gasteiger partial charge < -0.3 is 4.98 Å². The zero-order valence-electron chi connectivity index (χ0n) is 6.14. The summed E-state index contributed by atoms with van der Waals surface area (Å²) in [6, 6.07) is 3.78. The molecule has 12 heavy (non-hydrogen) atoms. The van der Waals surface area contributed by atoms with Crippen molar-refractivity contribution < 1.29 is 0 Å². The summed E-state index contributed by atoms with van der Waals surface area (Å²) in [4.78, 5) is 7.04. The Balaban J connectivity index is 2.75. The molecule has 0 amide bonds. The van der Waals surface area contributed by atoms with E-state index >= 15 is 0 Å². The molecule has 2 aromatic rings. The smallest absolute Gasteiger partial charge is 0.107 e. The Bertz CT molecular complexity index is 408. The summed E-state index contributed by atoms with van der Waals surface area (Å²) in [6.45, 7) is 0. The van der Waals surface area contributed by atoms with Crippen LogP contribution in [-0.4, -0.2) is 9.97 Å². The van der Waals surface area contributed by atoms with Crippen molar-refractivity contribution in [2.24, 2.45) is 0 Å². The van der Waals surface area contributed by atoms with Gasteiger partial charge in [0.05, 0.1) is 16.9 Å². The van der Waals surface area contributed by atoms with Crippen LogP contribution in [0.1, 0.15) is 5.56 Å². The number of fused-ring (bicyclic) bond motifs is 1. The van der Waals surface area contributed by atoms with Crippen LogP contribution in [0.3, 0.4) is 0 Å². The molecule has 0 saturated carbocycles. The zero-order valence-corrected chi connectivity index (χ0v) is 7.65. The third-order valence-electron chi connectivity index (χ3n) is 1.69. The molecule has 0 radical (unpaired) electrons. The Morgan fingerprint density at radius 2 is 2.25 bits per heavy atom. The summed E-state index contributed by atoms with van der Waals surface area (Å²) < 4.78 is 0. The minimum Gasteiger partial charge on any atom is -0.345 e. The van der Waals surface area contributed by atoms with Gasteiger partial charge >= 0.3 is 0 Å². The van der Waals surface area contributed by atoms with Gasteiger partial charge in [-0.2, -0.15) is 0 Å². The molecule has 0 saturated heterocycles. The highest BCUT2D eigenvalue weighted by atomic mass is 35.5. The number of halogens is 2. The first-order valence-electron chi connectivity index (χ1n) is 3.48. The minimum absolute atomic E-state index is 0.467. The number of nitrogens with zero attached hydrogens (tertiary/aromatic N) is 1. The summed E-state index contributed by atoms with van der Waals surface area (Å²) in [5.74, 6) is 0.467. The third kappa shape index (κ3) is 1.17. The number of H-pyrrole nitrogens is 1. The molecule has 62 valence electrons. The fourth-order valence-electron chi connectivity index (χ4n) is 1.14. The Kier molecular flexibility index (Phi) is 1.95. The van der Waals surface area contributed by atoms with E-state index in [0.717, 1.165) is 16.6 Å². The maximum absolute atomic E-state index is 5.94. The minimum atomic E-state index is 0.467. The highest BCUT2D eigenvalue weighted by Crippen LogP contribution is 2.22. The maximum Gasteiger partial charge on any atom is 0.107 e. The largest absolute Gasteiger partial charge is 0.345 e. The molecular weight excluding hydrogens is 195 g/mol. The van der Waals surface area contributed by atoms with E-state index in [1.54, 1.807) is 6.33 Å². The second-order valence-electron chi connectivity index (χ2n) is 2.51. The van der Waals surface area contributed by atoms with E-state index in [2.05, 4.69) is 9.97 Å². The predicted octanol–water partition coefficient (Wildman–Crippen LogP) is 2.96. The van der Waals surface area contributed by atoms with Crippen molar-refractivity contribution in [1.82, 2.24) is 9.97 Å². The van der Waals surface area contributed by atoms with Crippen LogP contribution in [0.25, 0.3) is 11.0 Å². The SMILES string of the molecule is ClCc1cc(Cl)c2nc[nH]c2c1. The van der Waals surface area contributed by atoms with Crippen molar-refractivity contribution in [2.75, 3.05) is 0 Å². The van der Waals surface area contributed by atoms with Crippen molar-refractivity contribution in [3.05, 3.63) is 29.0 Å². The summed E-state index contributed by atoms with van der Waals surface area (Å²) in [5.41, 5.74) is 2.72. The lowest BCUT2D eigenvalue weighted by atomic mass is 10.2. The fourth-order valence-corrected chi connectivity index (χ4v) is 1.58. The standard InChI is InChI=1S/C8H6Cl2N2/c9-3-5-1-6(10)8-7(2-5)11-4-12-8/h1-2,4H,3H2,(H,11,12). The van der Waals surface area contributed by atoms with E-state index in [1.165, 1.54) is 0 Å². The number of rotatable bonds is 1. The molecule has 0 unspecified atom stereocenters. The van der Waals surface area contributed by atoms with E-state index in [0.29, 0.717) is 10.9 Å². The second-order valence-corrected chi connectivity index (χ2v) is 3.18. The quantitative estimate of drug-likeness (QED) is 0.706. The van der Waals surface area contributed by atoms with Gasteiger partial charge in [-0.25, -0.2) is 4.98 Å². The Morgan fingerprint density at radius 1 is 1.42 bits per heavy atom. The summed E-state index contributed by atoms with van der Waals surface area (Å²) >= 11 is 11.6. The average Bonchev–Trinajstić information content (AvgIpc) is 2.52. The second kappa shape index (κ2) is 2.96. The van der Waals surface area contributed by atoms with E-state index in [-0.39, 0.29) is 0 Å². The van der Waals surface area contributed by atoms with E-state index in [1.807, 2.05) is 12.1 Å². The normalized spacial score (nSPS) is 10.8. The van der Waals surface area contributed by atoms with Crippen LogP contribution >= 0.6 is 23.2 Å². The lowest BCUT2D eigenvalue weighted by molar-refractivity contribution is 1.34. The number of benzene rings is 1. The van der Waals surface area contributed by atoms with Gasteiger partial charge in [-0.1, -0.05) is 11.6 Å². The van der Waals surface area contributed by atoms with Gasteiger partial charge in [-0.05, 0) is 17.7 Å². The first kappa shape index (κ1) is 7.90. The molecule has 0 atom stereocenters. The maximum atomic E-state index is 5.94. The Morgan fingerprint density at radius 3 is 3.00 bits per heavy atom. The lowest BCUT2D eigenvalue weighted by Crippen LogP contribution is -1.79. The fraction of sp³-hybridized carbons (Fsp3) is 0.125. The first-order valence-corrected chi connectivity index (χ1v) is 4.40. The number of nitrogens with one attached hydrogen (secondary N) is 1. The highest BCUT2D eigenvalue weighted by molar-refractivity contribution is 6.35. The van der Waals surface area contributed by atoms with Crippen molar-refractivity contribution in [3.8, 4) is 0 Å². The number of aromatic amines is 1. The van der Waals surface area contributed by atoms with Gasteiger partial charge in [0.2, 0.25) is 0 Å². The van der Waals surface area contributed by atoms with Crippen molar-refractivity contribution in [1.29, 1.82) is 0 Å². The molecule has 4 heteroatoms. The molecule has 0 aliphatic heterocycles. The molecule has 0 fully saturated rings. The van der Waals surface area contributed by atoms with E-state index in [9.17, 15) is 0 Å². The van der Waals surface area contributed by atoms with Crippen molar-refractivity contribution in [3.63, 3.8) is 0 Å². The van der Waals surface area contributed by atoms with Crippen LogP contribution in [-0.2, 0) is 5.88 Å². The van der Waals surface area contributed by atoms with E-state index in [4.69, 9.17) is 23.2 Å². The van der Waals surface area contributed by atoms with Crippen molar-refractivity contribution in [2.45, 2.75) is 5.88 Å².